The third-order valence-corrected chi connectivity index (χ3v) is 0. The predicted octanol–water partition coefficient (Wildman–Crippen LogP) is -5.90. The van der Waals surface area contributed by atoms with E-state index < -0.39 is 18.2 Å². The van der Waals surface area contributed by atoms with Gasteiger partial charge in [-0.05, 0) is 0 Å². The quantitative estimate of drug-likeness (QED) is 0.193. The Morgan fingerprint density at radius 1 is 1.17 bits per heavy atom. The summed E-state index contributed by atoms with van der Waals surface area (Å²) in [7, 11) is -10.1. The summed E-state index contributed by atoms with van der Waals surface area (Å²) in [5.74, 6) is 0. The van der Waals surface area contributed by atoms with Crippen LogP contribution in [-0.4, -0.2) is 27.3 Å². The van der Waals surface area contributed by atoms with Crippen LogP contribution in [-0.2, 0) is 32.0 Å². The van der Waals surface area contributed by atoms with Gasteiger partial charge in [0.25, 0.3) is 7.82 Å². The van der Waals surface area contributed by atoms with Gasteiger partial charge in [-0.1, -0.05) is 0 Å². The van der Waals surface area contributed by atoms with E-state index in [0.717, 1.165) is 0 Å². The summed E-state index contributed by atoms with van der Waals surface area (Å²) in [5.41, 5.74) is 0. The van der Waals surface area contributed by atoms with Gasteiger partial charge in [0.05, 0.1) is 0 Å². The van der Waals surface area contributed by atoms with Gasteiger partial charge in [-0.2, -0.15) is 0 Å². The van der Waals surface area contributed by atoms with Gasteiger partial charge < -0.3 is 23.8 Å². The molecular formula is H2CuKO8PS. The second-order valence-corrected chi connectivity index (χ2v) is 2.70. The van der Waals surface area contributed by atoms with E-state index in [1.54, 1.807) is 0 Å². The van der Waals surface area contributed by atoms with Crippen molar-refractivity contribution in [1.82, 2.24) is 0 Å². The van der Waals surface area contributed by atoms with Gasteiger partial charge in [-0.25, -0.2) is 0 Å². The average Bonchev–Trinajstić information content (AvgIpc) is 1.12. The van der Waals surface area contributed by atoms with Gasteiger partial charge in [-0.15, -0.1) is 0 Å². The molecule has 0 amide bonds. The second kappa shape index (κ2) is 9.68. The minimum absolute atomic E-state index is 0. The van der Waals surface area contributed by atoms with Gasteiger partial charge in [0.1, 0.15) is 0 Å². The van der Waals surface area contributed by atoms with E-state index in [0.29, 0.717) is 0 Å². The van der Waals surface area contributed by atoms with Gasteiger partial charge in [-0.3, -0.25) is 13.0 Å². The molecule has 0 unspecified atom stereocenters. The van der Waals surface area contributed by atoms with Crippen LogP contribution in [0.15, 0.2) is 0 Å². The van der Waals surface area contributed by atoms with Crippen molar-refractivity contribution in [2.45, 2.75) is 0 Å². The molecule has 0 aliphatic carbocycles. The first kappa shape index (κ1) is 23.7. The van der Waals surface area contributed by atoms with Crippen molar-refractivity contribution in [1.29, 1.82) is 0 Å². The molecule has 0 spiro atoms. The summed E-state index contributed by atoms with van der Waals surface area (Å²) in [6, 6.07) is 0. The molecule has 0 aromatic carbocycles. The Balaban J connectivity index is -0.0000000457. The van der Waals surface area contributed by atoms with Crippen LogP contribution in [0.4, 0.5) is 0 Å². The Morgan fingerprint density at radius 2 is 1.17 bits per heavy atom. The Kier molecular flexibility index (Phi) is 19.2. The molecule has 73 valence electrons. The van der Waals surface area contributed by atoms with Crippen LogP contribution in [0.3, 0.4) is 0 Å². The molecule has 0 aliphatic rings. The second-order valence-electron chi connectivity index (χ2n) is 0.899. The largest absolute Gasteiger partial charge is 2.00 e. The Labute approximate surface area is 121 Å². The first-order chi connectivity index (χ1) is 4.00. The number of hydrogen-bond acceptors (Lipinski definition) is 6. The molecule has 8 nitrogen and oxygen atoms in total. The van der Waals surface area contributed by atoms with E-state index in [1.165, 1.54) is 0 Å². The summed E-state index contributed by atoms with van der Waals surface area (Å²) < 4.78 is 42.9. The smallest absolute Gasteiger partial charge is 0.759 e. The van der Waals surface area contributed by atoms with E-state index in [9.17, 15) is 0 Å². The van der Waals surface area contributed by atoms with E-state index in [-0.39, 0.29) is 68.5 Å². The molecule has 2 N–H and O–H groups in total. The Morgan fingerprint density at radius 3 is 1.17 bits per heavy atom. The Hall–Kier alpha value is 2.14. The number of hydrogen-bond donors (Lipinski definition) is 2. The van der Waals surface area contributed by atoms with E-state index >= 15 is 0 Å². The maximum atomic E-state index is 8.77. The minimum atomic E-state index is -5.17. The van der Waals surface area contributed by atoms with Gasteiger partial charge >= 0.3 is 68.5 Å². The molecule has 0 fully saturated rings. The molecule has 0 rings (SSSR count). The summed E-state index contributed by atoms with van der Waals surface area (Å²) in [6.07, 6.45) is 0. The van der Waals surface area contributed by atoms with Crippen molar-refractivity contribution in [3.05, 3.63) is 0 Å². The molecule has 1 radical (unpaired) electrons. The molecule has 0 bridgehead atoms. The molecule has 0 heterocycles. The van der Waals surface area contributed by atoms with E-state index in [2.05, 4.69) is 0 Å². The molecule has 12 heteroatoms. The molecule has 0 aromatic rings. The maximum Gasteiger partial charge on any atom is 2.00 e. The molecule has 0 aliphatic heterocycles. The third kappa shape index (κ3) is 330. The van der Waals surface area contributed by atoms with Gasteiger partial charge in [0.2, 0.25) is 0 Å². The fourth-order valence-electron chi connectivity index (χ4n) is 0. The van der Waals surface area contributed by atoms with Crippen molar-refractivity contribution in [2.24, 2.45) is 0 Å². The van der Waals surface area contributed by atoms with Crippen LogP contribution < -0.4 is 56.3 Å². The molecule has 0 aromatic heterocycles. The number of phosphoric acid groups is 1. The average molecular weight is 296 g/mol. The fourth-order valence-corrected chi connectivity index (χ4v) is 0. The van der Waals surface area contributed by atoms with Crippen molar-refractivity contribution >= 4 is 18.2 Å². The molecule has 0 atom stereocenters. The monoisotopic (exact) mass is 295 g/mol. The molecule has 12 heavy (non-hydrogen) atoms. The van der Waals surface area contributed by atoms with Crippen molar-refractivity contribution in [2.75, 3.05) is 0 Å². The maximum absolute atomic E-state index is 8.77. The van der Waals surface area contributed by atoms with Crippen LogP contribution in [0, 0.1) is 0 Å². The minimum Gasteiger partial charge on any atom is -0.759 e. The fraction of sp³-hybridized carbons (Fsp3) is 0. The normalized spacial score (nSPS) is 9.75. The van der Waals surface area contributed by atoms with Crippen LogP contribution in [0.2, 0.25) is 0 Å². The van der Waals surface area contributed by atoms with Crippen molar-refractivity contribution < 1.29 is 105 Å². The summed E-state index contributed by atoms with van der Waals surface area (Å²) in [5, 5.41) is 0. The van der Waals surface area contributed by atoms with E-state index in [4.69, 9.17) is 36.8 Å². The van der Waals surface area contributed by atoms with Crippen LogP contribution in [0.5, 0.6) is 0 Å². The summed E-state index contributed by atoms with van der Waals surface area (Å²) in [6.45, 7) is 0. The standard InChI is InChI=1S/Cu.K.H3O4P.H2O4S/c;;2*1-5(2,3)4/h;;(H3,1,2,3,4);(H2,1,2,3,4)/q+2;+1;;/p-3. The van der Waals surface area contributed by atoms with Crippen LogP contribution >= 0.6 is 7.82 Å². The Bertz CT molecular complexity index is 197. The zero-order chi connectivity index (χ0) is 9.00. The van der Waals surface area contributed by atoms with Gasteiger partial charge in [0.15, 0.2) is 0 Å². The predicted molar refractivity (Wildman–Crippen MR) is 22.5 cm³/mol. The van der Waals surface area contributed by atoms with E-state index in [1.807, 2.05) is 0 Å². The third-order valence-electron chi connectivity index (χ3n) is 0. The van der Waals surface area contributed by atoms with Gasteiger partial charge in [0, 0.05) is 10.4 Å². The van der Waals surface area contributed by atoms with Crippen LogP contribution in [0.1, 0.15) is 0 Å². The van der Waals surface area contributed by atoms with Crippen LogP contribution in [0.25, 0.3) is 0 Å². The molecule has 0 saturated heterocycles. The first-order valence-corrected chi connectivity index (χ1v) is 4.30. The topological polar surface area (TPSA) is 161 Å². The molecule has 0 saturated carbocycles. The number of rotatable bonds is 0. The summed E-state index contributed by atoms with van der Waals surface area (Å²) in [4.78, 5) is 22.9. The summed E-state index contributed by atoms with van der Waals surface area (Å²) >= 11 is 0. The van der Waals surface area contributed by atoms with Crippen molar-refractivity contribution in [3.63, 3.8) is 0 Å². The SMILES string of the molecule is O=P([O-])(O)O.O=S(=O)([O-])[O-].[Cu+2].[K+]. The first-order valence-electron chi connectivity index (χ1n) is 1.43. The zero-order valence-electron chi connectivity index (χ0n) is 5.50. The van der Waals surface area contributed by atoms with Crippen molar-refractivity contribution in [3.8, 4) is 0 Å². The molecular weight excluding hydrogens is 294 g/mol. The zero-order valence-corrected chi connectivity index (χ0v) is 11.3.